The molecule has 0 saturated heterocycles. The Hall–Kier alpha value is -1.82. The number of nitrogens with one attached hydrogen (secondary N) is 2. The number of cyclic esters (lactones) is 1. The average molecular weight is 236 g/mol. The second kappa shape index (κ2) is 3.34. The molecule has 1 atom stereocenters. The third-order valence-corrected chi connectivity index (χ3v) is 3.49. The van der Waals surface area contributed by atoms with Gasteiger partial charge in [0.2, 0.25) is 0 Å². The number of amides is 2. The van der Waals surface area contributed by atoms with E-state index in [2.05, 4.69) is 10.6 Å². The Labute approximate surface area is 95.1 Å². The fourth-order valence-corrected chi connectivity index (χ4v) is 2.64. The largest absolute Gasteiger partial charge is 0.456 e. The Morgan fingerprint density at radius 1 is 1.44 bits per heavy atom. The quantitative estimate of drug-likeness (QED) is 0.712. The minimum absolute atomic E-state index is 0.156. The summed E-state index contributed by atoms with van der Waals surface area (Å²) in [6.45, 7) is 0.156. The van der Waals surface area contributed by atoms with Gasteiger partial charge in [0.15, 0.2) is 0 Å². The third kappa shape index (κ3) is 1.30. The molecule has 3 rings (SSSR count). The molecule has 5 nitrogen and oxygen atoms in total. The number of urea groups is 1. The molecule has 2 N–H and O–H groups in total. The summed E-state index contributed by atoms with van der Waals surface area (Å²) in [7, 11) is 0. The highest BCUT2D eigenvalue weighted by Gasteiger charge is 2.38. The minimum atomic E-state index is -0.376. The molecule has 0 aliphatic carbocycles. The Bertz CT molecular complexity index is 492. The van der Waals surface area contributed by atoms with Gasteiger partial charge in [-0.25, -0.2) is 9.59 Å². The zero-order valence-electron chi connectivity index (χ0n) is 8.15. The van der Waals surface area contributed by atoms with Gasteiger partial charge in [-0.05, 0) is 11.4 Å². The second-order valence-electron chi connectivity index (χ2n) is 3.52. The first kappa shape index (κ1) is 9.41. The minimum Gasteiger partial charge on any atom is -0.456 e. The van der Waals surface area contributed by atoms with Crippen molar-refractivity contribution >= 4 is 23.3 Å². The SMILES string of the molecule is O=C1NC2=C(C(=O)OC2)[C@H](c2cccs2)N1. The number of carbonyl (C=O) groups is 2. The van der Waals surface area contributed by atoms with Gasteiger partial charge in [0.1, 0.15) is 6.61 Å². The highest BCUT2D eigenvalue weighted by Crippen LogP contribution is 2.32. The average Bonchev–Trinajstić information content (AvgIpc) is 2.87. The summed E-state index contributed by atoms with van der Waals surface area (Å²) in [5, 5.41) is 7.22. The molecule has 82 valence electrons. The Morgan fingerprint density at radius 2 is 2.31 bits per heavy atom. The van der Waals surface area contributed by atoms with Crippen molar-refractivity contribution in [2.75, 3.05) is 6.61 Å². The normalized spacial score (nSPS) is 23.6. The molecule has 6 heteroatoms. The van der Waals surface area contributed by atoms with Gasteiger partial charge in [0.25, 0.3) is 0 Å². The topological polar surface area (TPSA) is 67.4 Å². The zero-order chi connectivity index (χ0) is 11.1. The summed E-state index contributed by atoms with van der Waals surface area (Å²) in [5.74, 6) is -0.360. The van der Waals surface area contributed by atoms with Gasteiger partial charge in [0.05, 0.1) is 17.3 Å². The van der Waals surface area contributed by atoms with Crippen LogP contribution in [0.2, 0.25) is 0 Å². The Morgan fingerprint density at radius 3 is 3.06 bits per heavy atom. The lowest BCUT2D eigenvalue weighted by molar-refractivity contribution is -0.136. The predicted molar refractivity (Wildman–Crippen MR) is 56.7 cm³/mol. The van der Waals surface area contributed by atoms with Gasteiger partial charge in [-0.15, -0.1) is 11.3 Å². The number of hydrogen-bond acceptors (Lipinski definition) is 4. The van der Waals surface area contributed by atoms with Crippen molar-refractivity contribution in [1.29, 1.82) is 0 Å². The van der Waals surface area contributed by atoms with Gasteiger partial charge in [-0.1, -0.05) is 6.07 Å². The fraction of sp³-hybridized carbons (Fsp3) is 0.200. The Kier molecular flexibility index (Phi) is 1.97. The molecule has 16 heavy (non-hydrogen) atoms. The maximum absolute atomic E-state index is 11.6. The van der Waals surface area contributed by atoms with E-state index >= 15 is 0 Å². The highest BCUT2D eigenvalue weighted by molar-refractivity contribution is 7.10. The van der Waals surface area contributed by atoms with Crippen LogP contribution in [0.25, 0.3) is 0 Å². The molecule has 1 aromatic heterocycles. The van der Waals surface area contributed by atoms with Crippen molar-refractivity contribution in [3.8, 4) is 0 Å². The van der Waals surface area contributed by atoms with E-state index in [4.69, 9.17) is 4.74 Å². The first-order chi connectivity index (χ1) is 7.75. The smallest absolute Gasteiger partial charge is 0.338 e. The number of carbonyl (C=O) groups excluding carboxylic acids is 2. The van der Waals surface area contributed by atoms with E-state index in [0.717, 1.165) is 4.88 Å². The van der Waals surface area contributed by atoms with Crippen LogP contribution in [0.4, 0.5) is 4.79 Å². The monoisotopic (exact) mass is 236 g/mol. The first-order valence-electron chi connectivity index (χ1n) is 4.77. The van der Waals surface area contributed by atoms with Gasteiger partial charge in [-0.2, -0.15) is 0 Å². The lowest BCUT2D eigenvalue weighted by Crippen LogP contribution is -2.44. The van der Waals surface area contributed by atoms with E-state index in [9.17, 15) is 9.59 Å². The molecule has 0 bridgehead atoms. The second-order valence-corrected chi connectivity index (χ2v) is 4.49. The fourth-order valence-electron chi connectivity index (χ4n) is 1.86. The molecule has 1 aromatic rings. The van der Waals surface area contributed by atoms with Crippen molar-refractivity contribution in [1.82, 2.24) is 10.6 Å². The Balaban J connectivity index is 2.07. The van der Waals surface area contributed by atoms with Crippen molar-refractivity contribution in [2.45, 2.75) is 6.04 Å². The van der Waals surface area contributed by atoms with Crippen LogP contribution in [0.3, 0.4) is 0 Å². The molecule has 2 aliphatic rings. The molecule has 2 aliphatic heterocycles. The van der Waals surface area contributed by atoms with E-state index < -0.39 is 0 Å². The zero-order valence-corrected chi connectivity index (χ0v) is 8.97. The van der Waals surface area contributed by atoms with E-state index in [-0.39, 0.29) is 24.6 Å². The van der Waals surface area contributed by atoms with Crippen molar-refractivity contribution in [2.24, 2.45) is 0 Å². The molecule has 0 saturated carbocycles. The lowest BCUT2D eigenvalue weighted by atomic mass is 10.0. The number of thiophene rings is 1. The summed E-state index contributed by atoms with van der Waals surface area (Å²) in [6, 6.07) is 3.10. The van der Waals surface area contributed by atoms with Gasteiger partial charge >= 0.3 is 12.0 Å². The number of rotatable bonds is 1. The van der Waals surface area contributed by atoms with Gasteiger partial charge in [0, 0.05) is 4.88 Å². The van der Waals surface area contributed by atoms with Crippen LogP contribution in [0.15, 0.2) is 28.8 Å². The predicted octanol–water partition coefficient (Wildman–Crippen LogP) is 0.913. The molecule has 0 spiro atoms. The number of esters is 1. The summed E-state index contributed by atoms with van der Waals surface area (Å²) in [5.41, 5.74) is 1.09. The summed E-state index contributed by atoms with van der Waals surface area (Å²) in [6.07, 6.45) is 0. The van der Waals surface area contributed by atoms with Gasteiger partial charge in [-0.3, -0.25) is 0 Å². The summed E-state index contributed by atoms with van der Waals surface area (Å²) >= 11 is 1.50. The maximum atomic E-state index is 11.6. The summed E-state index contributed by atoms with van der Waals surface area (Å²) in [4.78, 5) is 23.9. The standard InChI is InChI=1S/C10H8N2O3S/c13-9-7-5(4-15-9)11-10(14)12-8(7)6-2-1-3-16-6/h1-3,8H,4H2,(H2,11,12,14)/t8-/m0/s1. The van der Waals surface area contributed by atoms with Crippen LogP contribution in [0.5, 0.6) is 0 Å². The van der Waals surface area contributed by atoms with E-state index in [1.54, 1.807) is 0 Å². The number of hydrogen-bond donors (Lipinski definition) is 2. The maximum Gasteiger partial charge on any atom is 0.338 e. The lowest BCUT2D eigenvalue weighted by Gasteiger charge is -2.23. The van der Waals surface area contributed by atoms with Crippen LogP contribution in [-0.2, 0) is 9.53 Å². The molecule has 3 heterocycles. The van der Waals surface area contributed by atoms with Crippen molar-refractivity contribution in [3.05, 3.63) is 33.7 Å². The van der Waals surface area contributed by atoms with Crippen LogP contribution in [0, 0.1) is 0 Å². The molecule has 2 amide bonds. The molecule has 0 aromatic carbocycles. The van der Waals surface area contributed by atoms with Crippen LogP contribution >= 0.6 is 11.3 Å². The van der Waals surface area contributed by atoms with Crippen molar-refractivity contribution < 1.29 is 14.3 Å². The van der Waals surface area contributed by atoms with Crippen molar-refractivity contribution in [3.63, 3.8) is 0 Å². The number of ether oxygens (including phenoxy) is 1. The van der Waals surface area contributed by atoms with E-state index in [0.29, 0.717) is 11.3 Å². The molecule has 0 unspecified atom stereocenters. The first-order valence-corrected chi connectivity index (χ1v) is 5.65. The summed E-state index contributed by atoms with van der Waals surface area (Å²) < 4.78 is 4.91. The van der Waals surface area contributed by atoms with Crippen LogP contribution in [0.1, 0.15) is 10.9 Å². The van der Waals surface area contributed by atoms with Crippen LogP contribution < -0.4 is 10.6 Å². The molecule has 0 fully saturated rings. The highest BCUT2D eigenvalue weighted by atomic mass is 32.1. The molecule has 0 radical (unpaired) electrons. The molecular formula is C10H8N2O3S. The van der Waals surface area contributed by atoms with E-state index in [1.165, 1.54) is 11.3 Å². The third-order valence-electron chi connectivity index (χ3n) is 2.55. The molecular weight excluding hydrogens is 228 g/mol. The van der Waals surface area contributed by atoms with Crippen LogP contribution in [-0.4, -0.2) is 18.6 Å². The van der Waals surface area contributed by atoms with E-state index in [1.807, 2.05) is 17.5 Å². The van der Waals surface area contributed by atoms with Gasteiger partial charge < -0.3 is 15.4 Å².